The molecule has 1 heterocycles. The van der Waals surface area contributed by atoms with Crippen LogP contribution in [0.1, 0.15) is 33.1 Å². The molecule has 0 unspecified atom stereocenters. The molecule has 0 aliphatic carbocycles. The molecule has 1 aliphatic heterocycles. The first-order chi connectivity index (χ1) is 12.2. The molecule has 0 radical (unpaired) electrons. The summed E-state index contributed by atoms with van der Waals surface area (Å²) in [6.07, 6.45) is 1.62. The van der Waals surface area contributed by atoms with Crippen molar-refractivity contribution in [2.45, 2.75) is 33.1 Å². The number of carbonyl (C=O) groups excluding carboxylic acids is 2. The highest BCUT2D eigenvalue weighted by molar-refractivity contribution is 7.93. The fourth-order valence-corrected chi connectivity index (χ4v) is 4.15. The molecule has 2 amide bonds. The minimum Gasteiger partial charge on any atom is -0.506 e. The van der Waals surface area contributed by atoms with Gasteiger partial charge in [0, 0.05) is 13.0 Å². The van der Waals surface area contributed by atoms with Crippen molar-refractivity contribution < 1.29 is 23.1 Å². The number of phenolic OH excluding ortho intramolecular Hbond substituents is 1. The van der Waals surface area contributed by atoms with Gasteiger partial charge in [-0.25, -0.2) is 8.42 Å². The van der Waals surface area contributed by atoms with Gasteiger partial charge in [0.25, 0.3) is 0 Å². The van der Waals surface area contributed by atoms with Gasteiger partial charge in [-0.05, 0) is 37.0 Å². The molecule has 0 bridgehead atoms. The van der Waals surface area contributed by atoms with Gasteiger partial charge in [-0.15, -0.1) is 0 Å². The van der Waals surface area contributed by atoms with E-state index in [1.807, 2.05) is 13.8 Å². The standard InChI is InChI=1S/C17H25N3O5S/c1-12(2)4-7-16(22)18-11-17(23)19-14-10-13(5-6-15(14)21)20-8-3-9-26(20,24)25/h5-6,10,12,21H,3-4,7-9,11H2,1-2H3,(H,18,22)(H,19,23). The first-order valence-corrected chi connectivity index (χ1v) is 10.2. The van der Waals surface area contributed by atoms with Crippen LogP contribution in [0.2, 0.25) is 0 Å². The molecule has 144 valence electrons. The minimum atomic E-state index is -3.35. The van der Waals surface area contributed by atoms with Crippen molar-refractivity contribution in [1.82, 2.24) is 5.32 Å². The lowest BCUT2D eigenvalue weighted by molar-refractivity contribution is -0.124. The molecule has 9 heteroatoms. The van der Waals surface area contributed by atoms with Crippen LogP contribution < -0.4 is 14.9 Å². The molecule has 0 saturated carbocycles. The molecule has 1 fully saturated rings. The molecule has 8 nitrogen and oxygen atoms in total. The smallest absolute Gasteiger partial charge is 0.243 e. The highest BCUT2D eigenvalue weighted by Crippen LogP contribution is 2.31. The van der Waals surface area contributed by atoms with Gasteiger partial charge in [0.1, 0.15) is 5.75 Å². The summed E-state index contributed by atoms with van der Waals surface area (Å²) in [6, 6.07) is 4.23. The summed E-state index contributed by atoms with van der Waals surface area (Å²) in [5, 5.41) is 14.9. The number of aromatic hydroxyl groups is 1. The average Bonchev–Trinajstić information content (AvgIpc) is 2.92. The van der Waals surface area contributed by atoms with Crippen LogP contribution >= 0.6 is 0 Å². The van der Waals surface area contributed by atoms with Crippen molar-refractivity contribution in [3.8, 4) is 5.75 Å². The van der Waals surface area contributed by atoms with Crippen molar-refractivity contribution >= 4 is 33.2 Å². The van der Waals surface area contributed by atoms with Crippen LogP contribution in [0.15, 0.2) is 18.2 Å². The zero-order chi connectivity index (χ0) is 19.3. The van der Waals surface area contributed by atoms with Gasteiger partial charge in [-0.3, -0.25) is 13.9 Å². The van der Waals surface area contributed by atoms with E-state index in [1.54, 1.807) is 0 Å². The van der Waals surface area contributed by atoms with Crippen LogP contribution in [0.25, 0.3) is 0 Å². The Kier molecular flexibility index (Phi) is 6.47. The Bertz CT molecular complexity index is 777. The Morgan fingerprint density at radius 3 is 2.62 bits per heavy atom. The number of benzene rings is 1. The molecular weight excluding hydrogens is 358 g/mol. The molecule has 1 aromatic rings. The maximum Gasteiger partial charge on any atom is 0.243 e. The minimum absolute atomic E-state index is 0.0813. The van der Waals surface area contributed by atoms with Crippen molar-refractivity contribution in [2.24, 2.45) is 5.92 Å². The molecule has 0 spiro atoms. The van der Waals surface area contributed by atoms with Crippen molar-refractivity contribution in [2.75, 3.05) is 28.5 Å². The van der Waals surface area contributed by atoms with E-state index in [1.165, 1.54) is 22.5 Å². The van der Waals surface area contributed by atoms with Crippen LogP contribution in [0.5, 0.6) is 5.75 Å². The van der Waals surface area contributed by atoms with Crippen LogP contribution in [0, 0.1) is 5.92 Å². The summed E-state index contributed by atoms with van der Waals surface area (Å²) in [5.41, 5.74) is 0.489. The monoisotopic (exact) mass is 383 g/mol. The number of sulfonamides is 1. The number of nitrogens with zero attached hydrogens (tertiary/aromatic N) is 1. The molecular formula is C17H25N3O5S. The van der Waals surface area contributed by atoms with E-state index in [0.29, 0.717) is 31.0 Å². The number of anilines is 2. The topological polar surface area (TPSA) is 116 Å². The Balaban J connectivity index is 1.97. The fraction of sp³-hybridized carbons (Fsp3) is 0.529. The third kappa shape index (κ3) is 5.35. The fourth-order valence-electron chi connectivity index (χ4n) is 2.59. The zero-order valence-corrected chi connectivity index (χ0v) is 15.8. The highest BCUT2D eigenvalue weighted by Gasteiger charge is 2.28. The van der Waals surface area contributed by atoms with E-state index in [2.05, 4.69) is 10.6 Å². The number of rotatable bonds is 7. The van der Waals surface area contributed by atoms with Crippen LogP contribution in [0.3, 0.4) is 0 Å². The van der Waals surface area contributed by atoms with Crippen molar-refractivity contribution in [3.05, 3.63) is 18.2 Å². The SMILES string of the molecule is CC(C)CCC(=O)NCC(=O)Nc1cc(N2CCCS2(=O)=O)ccc1O. The molecule has 1 aromatic carbocycles. The van der Waals surface area contributed by atoms with Gasteiger partial charge >= 0.3 is 0 Å². The average molecular weight is 383 g/mol. The number of hydrogen-bond donors (Lipinski definition) is 3. The maximum absolute atomic E-state index is 12.0. The summed E-state index contributed by atoms with van der Waals surface area (Å²) >= 11 is 0. The number of carbonyl (C=O) groups is 2. The Labute approximate surface area is 153 Å². The van der Waals surface area contributed by atoms with E-state index in [-0.39, 0.29) is 29.6 Å². The van der Waals surface area contributed by atoms with Crippen LogP contribution in [-0.4, -0.2) is 44.2 Å². The van der Waals surface area contributed by atoms with Gasteiger partial charge in [-0.2, -0.15) is 0 Å². The van der Waals surface area contributed by atoms with E-state index in [4.69, 9.17) is 0 Å². The molecule has 3 N–H and O–H groups in total. The molecule has 0 atom stereocenters. The lowest BCUT2D eigenvalue weighted by atomic mass is 10.1. The Morgan fingerprint density at radius 2 is 2.00 bits per heavy atom. The molecule has 1 saturated heterocycles. The highest BCUT2D eigenvalue weighted by atomic mass is 32.2. The van der Waals surface area contributed by atoms with E-state index < -0.39 is 15.9 Å². The van der Waals surface area contributed by atoms with E-state index >= 15 is 0 Å². The predicted molar refractivity (Wildman–Crippen MR) is 99.6 cm³/mol. The quantitative estimate of drug-likeness (QED) is 0.616. The number of phenols is 1. The van der Waals surface area contributed by atoms with Gasteiger partial charge < -0.3 is 15.7 Å². The molecule has 2 rings (SSSR count). The Hall–Kier alpha value is -2.29. The summed E-state index contributed by atoms with van der Waals surface area (Å²) in [7, 11) is -3.35. The number of amides is 2. The van der Waals surface area contributed by atoms with Gasteiger partial charge in [0.2, 0.25) is 21.8 Å². The van der Waals surface area contributed by atoms with Gasteiger partial charge in [0.05, 0.1) is 23.7 Å². The second kappa shape index (κ2) is 8.39. The molecule has 26 heavy (non-hydrogen) atoms. The summed E-state index contributed by atoms with van der Waals surface area (Å²) in [4.78, 5) is 23.7. The van der Waals surface area contributed by atoms with E-state index in [0.717, 1.165) is 6.42 Å². The normalized spacial score (nSPS) is 15.9. The summed E-state index contributed by atoms with van der Waals surface area (Å²) < 4.78 is 25.3. The van der Waals surface area contributed by atoms with Gasteiger partial charge in [0.15, 0.2) is 0 Å². The molecule has 1 aliphatic rings. The first-order valence-electron chi connectivity index (χ1n) is 8.59. The second-order valence-electron chi connectivity index (χ2n) is 6.70. The molecule has 0 aromatic heterocycles. The van der Waals surface area contributed by atoms with Crippen molar-refractivity contribution in [3.63, 3.8) is 0 Å². The predicted octanol–water partition coefficient (Wildman–Crippen LogP) is 1.42. The lowest BCUT2D eigenvalue weighted by Gasteiger charge is -2.18. The Morgan fingerprint density at radius 1 is 1.27 bits per heavy atom. The second-order valence-corrected chi connectivity index (χ2v) is 8.71. The zero-order valence-electron chi connectivity index (χ0n) is 15.0. The van der Waals surface area contributed by atoms with Crippen LogP contribution in [0.4, 0.5) is 11.4 Å². The maximum atomic E-state index is 12.0. The largest absolute Gasteiger partial charge is 0.506 e. The third-order valence-electron chi connectivity index (χ3n) is 4.04. The number of nitrogens with one attached hydrogen (secondary N) is 2. The lowest BCUT2D eigenvalue weighted by Crippen LogP contribution is -2.33. The summed E-state index contributed by atoms with van der Waals surface area (Å²) in [5.74, 6) is -0.409. The van der Waals surface area contributed by atoms with E-state index in [9.17, 15) is 23.1 Å². The van der Waals surface area contributed by atoms with Crippen LogP contribution in [-0.2, 0) is 19.6 Å². The van der Waals surface area contributed by atoms with Gasteiger partial charge in [-0.1, -0.05) is 13.8 Å². The first kappa shape index (κ1) is 20.0. The third-order valence-corrected chi connectivity index (χ3v) is 5.91. The number of hydrogen-bond acceptors (Lipinski definition) is 5. The van der Waals surface area contributed by atoms with Crippen molar-refractivity contribution in [1.29, 1.82) is 0 Å². The summed E-state index contributed by atoms with van der Waals surface area (Å²) in [6.45, 7) is 4.17.